The van der Waals surface area contributed by atoms with E-state index in [0.717, 1.165) is 12.1 Å². The second-order valence-electron chi connectivity index (χ2n) is 3.81. The minimum absolute atomic E-state index is 0.115. The molecule has 0 spiro atoms. The van der Waals surface area contributed by atoms with Crippen LogP contribution in [0, 0.1) is 0 Å². The van der Waals surface area contributed by atoms with Gasteiger partial charge in [-0.3, -0.25) is 0 Å². The molecule has 98 valence electrons. The Hall–Kier alpha value is -2.37. The number of rotatable bonds is 2. The lowest BCUT2D eigenvalue weighted by molar-refractivity contribution is -0.137. The number of aromatic carboxylic acids is 1. The Morgan fingerprint density at radius 1 is 1.00 bits per heavy atom. The summed E-state index contributed by atoms with van der Waals surface area (Å²) < 4.78 is 37.2. The summed E-state index contributed by atoms with van der Waals surface area (Å²) in [6.45, 7) is 0. The van der Waals surface area contributed by atoms with Gasteiger partial charge in [-0.2, -0.15) is 13.2 Å². The van der Waals surface area contributed by atoms with Crippen molar-refractivity contribution in [3.8, 4) is 11.1 Å². The summed E-state index contributed by atoms with van der Waals surface area (Å²) in [7, 11) is 0. The monoisotopic (exact) mass is 267 g/mol. The Morgan fingerprint density at radius 2 is 1.58 bits per heavy atom. The summed E-state index contributed by atoms with van der Waals surface area (Å²) in [6.07, 6.45) is -3.06. The molecule has 0 saturated carbocycles. The van der Waals surface area contributed by atoms with E-state index in [-0.39, 0.29) is 5.69 Å². The van der Waals surface area contributed by atoms with Gasteiger partial charge in [0.15, 0.2) is 0 Å². The molecule has 0 fully saturated rings. The molecule has 1 aromatic carbocycles. The molecule has 0 aliphatic carbocycles. The Kier molecular flexibility index (Phi) is 3.25. The summed E-state index contributed by atoms with van der Waals surface area (Å²) in [6, 6.07) is 7.38. The lowest BCUT2D eigenvalue weighted by Gasteiger charge is -2.07. The summed E-state index contributed by atoms with van der Waals surface area (Å²) in [4.78, 5) is 14.3. The van der Waals surface area contributed by atoms with Crippen molar-refractivity contribution in [3.05, 3.63) is 53.9 Å². The molecule has 19 heavy (non-hydrogen) atoms. The van der Waals surface area contributed by atoms with E-state index in [1.54, 1.807) is 0 Å². The molecule has 0 radical (unpaired) electrons. The number of carboxylic acids is 1. The first-order chi connectivity index (χ1) is 8.88. The van der Waals surface area contributed by atoms with Gasteiger partial charge in [0.05, 0.1) is 5.56 Å². The van der Waals surface area contributed by atoms with Crippen molar-refractivity contribution in [3.63, 3.8) is 0 Å². The van der Waals surface area contributed by atoms with E-state index < -0.39 is 17.7 Å². The first kappa shape index (κ1) is 13.1. The average Bonchev–Trinajstić information content (AvgIpc) is 2.38. The van der Waals surface area contributed by atoms with Crippen LogP contribution >= 0.6 is 0 Å². The fraction of sp³-hybridized carbons (Fsp3) is 0.0769. The van der Waals surface area contributed by atoms with Crippen molar-refractivity contribution < 1.29 is 23.1 Å². The van der Waals surface area contributed by atoms with Crippen LogP contribution in [-0.2, 0) is 6.18 Å². The van der Waals surface area contributed by atoms with Crippen LogP contribution in [0.5, 0.6) is 0 Å². The van der Waals surface area contributed by atoms with Gasteiger partial charge in [-0.1, -0.05) is 18.2 Å². The van der Waals surface area contributed by atoms with E-state index in [2.05, 4.69) is 4.98 Å². The quantitative estimate of drug-likeness (QED) is 0.906. The topological polar surface area (TPSA) is 50.2 Å². The molecule has 0 saturated heterocycles. The number of carboxylic acid groups (broad SMARTS) is 1. The van der Waals surface area contributed by atoms with Gasteiger partial charge >= 0.3 is 12.1 Å². The molecule has 0 aliphatic heterocycles. The molecule has 0 bridgehead atoms. The lowest BCUT2D eigenvalue weighted by Crippen LogP contribution is -2.04. The first-order valence-corrected chi connectivity index (χ1v) is 5.25. The van der Waals surface area contributed by atoms with Crippen LogP contribution in [0.25, 0.3) is 11.1 Å². The maximum atomic E-state index is 12.4. The van der Waals surface area contributed by atoms with Crippen LogP contribution < -0.4 is 0 Å². The molecule has 0 atom stereocenters. The summed E-state index contributed by atoms with van der Waals surface area (Å²) in [5.74, 6) is -1.15. The van der Waals surface area contributed by atoms with Crippen LogP contribution in [0.15, 0.2) is 42.6 Å². The van der Waals surface area contributed by atoms with Crippen molar-refractivity contribution in [2.75, 3.05) is 0 Å². The van der Waals surface area contributed by atoms with Crippen molar-refractivity contribution in [1.82, 2.24) is 4.98 Å². The van der Waals surface area contributed by atoms with Crippen LogP contribution in [0.1, 0.15) is 16.1 Å². The third-order valence-corrected chi connectivity index (χ3v) is 2.53. The maximum Gasteiger partial charge on any atom is 0.416 e. The van der Waals surface area contributed by atoms with Crippen molar-refractivity contribution >= 4 is 5.97 Å². The highest BCUT2D eigenvalue weighted by molar-refractivity contribution is 5.85. The highest BCUT2D eigenvalue weighted by Gasteiger charge is 2.29. The van der Waals surface area contributed by atoms with E-state index >= 15 is 0 Å². The number of pyridine rings is 1. The fourth-order valence-corrected chi connectivity index (χ4v) is 1.54. The average molecular weight is 267 g/mol. The summed E-state index contributed by atoms with van der Waals surface area (Å²) >= 11 is 0. The van der Waals surface area contributed by atoms with Gasteiger partial charge in [-0.25, -0.2) is 9.78 Å². The van der Waals surface area contributed by atoms with Gasteiger partial charge in [-0.15, -0.1) is 0 Å². The second-order valence-corrected chi connectivity index (χ2v) is 3.81. The highest BCUT2D eigenvalue weighted by Crippen LogP contribution is 2.30. The summed E-state index contributed by atoms with van der Waals surface area (Å²) in [5.41, 5.74) is 0.248. The van der Waals surface area contributed by atoms with Crippen molar-refractivity contribution in [2.24, 2.45) is 0 Å². The van der Waals surface area contributed by atoms with Crippen LogP contribution in [0.2, 0.25) is 0 Å². The SMILES string of the molecule is O=C(O)c1ccc(-c2ccc(C(F)(F)F)cc2)cn1. The molecule has 0 aliphatic rings. The smallest absolute Gasteiger partial charge is 0.416 e. The van der Waals surface area contributed by atoms with E-state index in [0.29, 0.717) is 11.1 Å². The number of hydrogen-bond donors (Lipinski definition) is 1. The molecule has 2 aromatic rings. The molecule has 1 aromatic heterocycles. The molecular formula is C13H8F3NO2. The van der Waals surface area contributed by atoms with Gasteiger partial charge in [-0.05, 0) is 23.8 Å². The van der Waals surface area contributed by atoms with E-state index in [1.807, 2.05) is 0 Å². The van der Waals surface area contributed by atoms with Gasteiger partial charge < -0.3 is 5.11 Å². The largest absolute Gasteiger partial charge is 0.477 e. The molecule has 0 amide bonds. The summed E-state index contributed by atoms with van der Waals surface area (Å²) in [5, 5.41) is 8.68. The van der Waals surface area contributed by atoms with Gasteiger partial charge in [0, 0.05) is 11.8 Å². The van der Waals surface area contributed by atoms with Crippen LogP contribution in [0.4, 0.5) is 13.2 Å². The lowest BCUT2D eigenvalue weighted by atomic mass is 10.1. The Morgan fingerprint density at radius 3 is 2.00 bits per heavy atom. The standard InChI is InChI=1S/C13H8F3NO2/c14-13(15,16)10-4-1-8(2-5-10)9-3-6-11(12(18)19)17-7-9/h1-7H,(H,18,19). The number of alkyl halides is 3. The van der Waals surface area contributed by atoms with Crippen LogP contribution in [0.3, 0.4) is 0 Å². The molecule has 6 heteroatoms. The fourth-order valence-electron chi connectivity index (χ4n) is 1.54. The molecule has 0 unspecified atom stereocenters. The number of halogens is 3. The van der Waals surface area contributed by atoms with Crippen molar-refractivity contribution in [2.45, 2.75) is 6.18 Å². The molecule has 2 rings (SSSR count). The number of aromatic nitrogens is 1. The zero-order valence-corrected chi connectivity index (χ0v) is 9.48. The Balaban J connectivity index is 2.30. The normalized spacial score (nSPS) is 11.3. The first-order valence-electron chi connectivity index (χ1n) is 5.25. The predicted octanol–water partition coefficient (Wildman–Crippen LogP) is 3.47. The second kappa shape index (κ2) is 4.72. The van der Waals surface area contributed by atoms with E-state index in [9.17, 15) is 18.0 Å². The Labute approximate surface area is 106 Å². The van der Waals surface area contributed by atoms with E-state index in [1.165, 1.54) is 30.5 Å². The van der Waals surface area contributed by atoms with E-state index in [4.69, 9.17) is 5.11 Å². The van der Waals surface area contributed by atoms with Crippen molar-refractivity contribution in [1.29, 1.82) is 0 Å². The number of carbonyl (C=O) groups is 1. The van der Waals surface area contributed by atoms with Gasteiger partial charge in [0.2, 0.25) is 0 Å². The van der Waals surface area contributed by atoms with Gasteiger partial charge in [0.1, 0.15) is 5.69 Å². The van der Waals surface area contributed by atoms with Crippen LogP contribution in [-0.4, -0.2) is 16.1 Å². The third-order valence-electron chi connectivity index (χ3n) is 2.53. The van der Waals surface area contributed by atoms with Gasteiger partial charge in [0.25, 0.3) is 0 Å². The minimum atomic E-state index is -4.37. The molecule has 3 nitrogen and oxygen atoms in total. The zero-order chi connectivity index (χ0) is 14.0. The maximum absolute atomic E-state index is 12.4. The predicted molar refractivity (Wildman–Crippen MR) is 61.6 cm³/mol. The zero-order valence-electron chi connectivity index (χ0n) is 9.48. The molecular weight excluding hydrogens is 259 g/mol. The minimum Gasteiger partial charge on any atom is -0.477 e. The third kappa shape index (κ3) is 2.90. The Bertz CT molecular complexity index is 589. The number of benzene rings is 1. The molecule has 1 N–H and O–H groups in total. The highest BCUT2D eigenvalue weighted by atomic mass is 19.4. The molecule has 1 heterocycles. The number of nitrogens with zero attached hydrogens (tertiary/aromatic N) is 1. The number of hydrogen-bond acceptors (Lipinski definition) is 2.